The highest BCUT2D eigenvalue weighted by Crippen LogP contribution is 2.36. The van der Waals surface area contributed by atoms with Crippen molar-refractivity contribution in [3.05, 3.63) is 23.8 Å². The predicted octanol–water partition coefficient (Wildman–Crippen LogP) is 2.17. The van der Waals surface area contributed by atoms with E-state index in [1.807, 2.05) is 18.2 Å². The molecule has 1 aromatic rings. The van der Waals surface area contributed by atoms with Gasteiger partial charge in [-0.25, -0.2) is 0 Å². The number of nitrogens with two attached hydrogens (primary N) is 1. The first-order chi connectivity index (χ1) is 9.80. The maximum Gasteiger partial charge on any atom is 0.127 e. The number of hydrazine groups is 1. The molecule has 1 aliphatic rings. The highest BCUT2D eigenvalue weighted by Gasteiger charge is 2.23. The van der Waals surface area contributed by atoms with Crippen molar-refractivity contribution < 1.29 is 14.2 Å². The number of hydrogen-bond donors (Lipinski definition) is 2. The molecule has 1 aliphatic heterocycles. The van der Waals surface area contributed by atoms with E-state index < -0.39 is 0 Å². The number of rotatable bonds is 7. The third-order valence-corrected chi connectivity index (χ3v) is 3.82. The van der Waals surface area contributed by atoms with Crippen LogP contribution in [0.15, 0.2) is 18.2 Å². The van der Waals surface area contributed by atoms with Crippen molar-refractivity contribution in [2.24, 2.45) is 5.84 Å². The van der Waals surface area contributed by atoms with Gasteiger partial charge in [-0.1, -0.05) is 6.07 Å². The summed E-state index contributed by atoms with van der Waals surface area (Å²) in [6.45, 7) is 0.878. The summed E-state index contributed by atoms with van der Waals surface area (Å²) in [5.41, 5.74) is 3.85. The zero-order valence-electron chi connectivity index (χ0n) is 12.2. The van der Waals surface area contributed by atoms with Crippen molar-refractivity contribution in [2.75, 3.05) is 20.8 Å². The van der Waals surface area contributed by atoms with Crippen LogP contribution in [0.3, 0.4) is 0 Å². The van der Waals surface area contributed by atoms with Crippen LogP contribution in [0.5, 0.6) is 11.5 Å². The van der Waals surface area contributed by atoms with Gasteiger partial charge in [0.15, 0.2) is 0 Å². The molecule has 20 heavy (non-hydrogen) atoms. The summed E-state index contributed by atoms with van der Waals surface area (Å²) in [7, 11) is 3.32. The number of ether oxygens (including phenoxy) is 3. The minimum Gasteiger partial charge on any atom is -0.496 e. The zero-order chi connectivity index (χ0) is 14.4. The first kappa shape index (κ1) is 15.1. The highest BCUT2D eigenvalue weighted by atomic mass is 16.5. The molecule has 0 bridgehead atoms. The number of nitrogens with one attached hydrogen (secondary N) is 1. The lowest BCUT2D eigenvalue weighted by Crippen LogP contribution is -2.29. The Balaban J connectivity index is 2.12. The Morgan fingerprint density at radius 1 is 1.35 bits per heavy atom. The van der Waals surface area contributed by atoms with Gasteiger partial charge in [-0.2, -0.15) is 0 Å². The molecule has 2 rings (SSSR count). The first-order valence-corrected chi connectivity index (χ1v) is 7.08. The zero-order valence-corrected chi connectivity index (χ0v) is 12.2. The fourth-order valence-electron chi connectivity index (χ4n) is 2.76. The van der Waals surface area contributed by atoms with E-state index in [2.05, 4.69) is 5.43 Å². The maximum atomic E-state index is 5.73. The van der Waals surface area contributed by atoms with Gasteiger partial charge in [0.2, 0.25) is 0 Å². The lowest BCUT2D eigenvalue weighted by Gasteiger charge is -2.22. The van der Waals surface area contributed by atoms with Crippen LogP contribution < -0.4 is 20.7 Å². The summed E-state index contributed by atoms with van der Waals surface area (Å²) in [5.74, 6) is 7.32. The van der Waals surface area contributed by atoms with Crippen molar-refractivity contribution in [3.8, 4) is 11.5 Å². The third kappa shape index (κ3) is 3.42. The average Bonchev–Trinajstić information content (AvgIpc) is 3.01. The van der Waals surface area contributed by atoms with Crippen molar-refractivity contribution in [2.45, 2.75) is 37.8 Å². The summed E-state index contributed by atoms with van der Waals surface area (Å²) in [5, 5.41) is 0. The van der Waals surface area contributed by atoms with Gasteiger partial charge in [0.1, 0.15) is 11.5 Å². The Kier molecular flexibility index (Phi) is 5.64. The molecule has 0 spiro atoms. The van der Waals surface area contributed by atoms with Crippen LogP contribution in [0, 0.1) is 0 Å². The van der Waals surface area contributed by atoms with Gasteiger partial charge in [-0.05, 0) is 37.8 Å². The SMILES string of the molecule is COc1cccc(OC)c1C(CCC1CCCO1)NN. The lowest BCUT2D eigenvalue weighted by atomic mass is 9.98. The summed E-state index contributed by atoms with van der Waals surface area (Å²) in [6.07, 6.45) is 4.52. The molecule has 112 valence electrons. The molecule has 0 saturated carbocycles. The minimum atomic E-state index is -0.00898. The molecular weight excluding hydrogens is 256 g/mol. The van der Waals surface area contributed by atoms with Crippen LogP contribution in [0.2, 0.25) is 0 Å². The van der Waals surface area contributed by atoms with E-state index >= 15 is 0 Å². The summed E-state index contributed by atoms with van der Waals surface area (Å²) < 4.78 is 16.5. The second-order valence-corrected chi connectivity index (χ2v) is 5.01. The van der Waals surface area contributed by atoms with Gasteiger partial charge < -0.3 is 14.2 Å². The van der Waals surface area contributed by atoms with Gasteiger partial charge in [0.05, 0.1) is 31.9 Å². The molecule has 2 atom stereocenters. The molecule has 1 aromatic carbocycles. The van der Waals surface area contributed by atoms with E-state index in [-0.39, 0.29) is 6.04 Å². The molecular formula is C15H24N2O3. The Labute approximate surface area is 120 Å². The minimum absolute atomic E-state index is 0.00898. The lowest BCUT2D eigenvalue weighted by molar-refractivity contribution is 0.0994. The molecule has 1 heterocycles. The molecule has 5 nitrogen and oxygen atoms in total. The van der Waals surface area contributed by atoms with Gasteiger partial charge >= 0.3 is 0 Å². The fraction of sp³-hybridized carbons (Fsp3) is 0.600. The Morgan fingerprint density at radius 3 is 2.55 bits per heavy atom. The molecule has 3 N–H and O–H groups in total. The van der Waals surface area contributed by atoms with E-state index in [1.54, 1.807) is 14.2 Å². The van der Waals surface area contributed by atoms with E-state index in [9.17, 15) is 0 Å². The predicted molar refractivity (Wildman–Crippen MR) is 77.8 cm³/mol. The number of methoxy groups -OCH3 is 2. The second-order valence-electron chi connectivity index (χ2n) is 5.01. The molecule has 2 unspecified atom stereocenters. The Hall–Kier alpha value is -1.30. The van der Waals surface area contributed by atoms with Gasteiger partial charge in [-0.3, -0.25) is 11.3 Å². The monoisotopic (exact) mass is 280 g/mol. The van der Waals surface area contributed by atoms with Gasteiger partial charge in [0, 0.05) is 6.61 Å². The quantitative estimate of drug-likeness (QED) is 0.592. The molecule has 0 radical (unpaired) electrons. The third-order valence-electron chi connectivity index (χ3n) is 3.82. The number of benzene rings is 1. The van der Waals surface area contributed by atoms with Crippen molar-refractivity contribution >= 4 is 0 Å². The Morgan fingerprint density at radius 2 is 2.05 bits per heavy atom. The van der Waals surface area contributed by atoms with Crippen LogP contribution in [0.4, 0.5) is 0 Å². The second kappa shape index (κ2) is 7.47. The largest absolute Gasteiger partial charge is 0.496 e. The highest BCUT2D eigenvalue weighted by molar-refractivity contribution is 5.46. The van der Waals surface area contributed by atoms with Crippen LogP contribution in [-0.2, 0) is 4.74 Å². The average molecular weight is 280 g/mol. The molecule has 0 aromatic heterocycles. The molecule has 1 saturated heterocycles. The fourth-order valence-corrected chi connectivity index (χ4v) is 2.76. The smallest absolute Gasteiger partial charge is 0.127 e. The number of hydrogen-bond acceptors (Lipinski definition) is 5. The summed E-state index contributed by atoms with van der Waals surface area (Å²) in [4.78, 5) is 0. The van der Waals surface area contributed by atoms with Crippen LogP contribution in [0.1, 0.15) is 37.3 Å². The molecule has 0 aliphatic carbocycles. The Bertz CT molecular complexity index is 397. The van der Waals surface area contributed by atoms with Gasteiger partial charge in [-0.15, -0.1) is 0 Å². The summed E-state index contributed by atoms with van der Waals surface area (Å²) in [6, 6.07) is 5.75. The van der Waals surface area contributed by atoms with Crippen LogP contribution in [0.25, 0.3) is 0 Å². The van der Waals surface area contributed by atoms with E-state index in [0.717, 1.165) is 49.4 Å². The topological polar surface area (TPSA) is 65.7 Å². The summed E-state index contributed by atoms with van der Waals surface area (Å²) >= 11 is 0. The van der Waals surface area contributed by atoms with Crippen LogP contribution >= 0.6 is 0 Å². The molecule has 1 fully saturated rings. The van der Waals surface area contributed by atoms with Crippen molar-refractivity contribution in [3.63, 3.8) is 0 Å². The van der Waals surface area contributed by atoms with E-state index in [1.165, 1.54) is 0 Å². The van der Waals surface area contributed by atoms with E-state index in [0.29, 0.717) is 6.10 Å². The van der Waals surface area contributed by atoms with Gasteiger partial charge in [0.25, 0.3) is 0 Å². The normalized spacial score (nSPS) is 19.9. The standard InChI is InChI=1S/C15H24N2O3/c1-18-13-6-3-7-14(19-2)15(13)12(17-16)9-8-11-5-4-10-20-11/h3,6-7,11-12,17H,4-5,8-10,16H2,1-2H3. The van der Waals surface area contributed by atoms with Crippen LogP contribution in [-0.4, -0.2) is 26.9 Å². The van der Waals surface area contributed by atoms with Crippen molar-refractivity contribution in [1.82, 2.24) is 5.43 Å². The van der Waals surface area contributed by atoms with Crippen molar-refractivity contribution in [1.29, 1.82) is 0 Å². The molecule has 5 heteroatoms. The molecule has 0 amide bonds. The maximum absolute atomic E-state index is 5.73. The van der Waals surface area contributed by atoms with E-state index in [4.69, 9.17) is 20.1 Å². The first-order valence-electron chi connectivity index (χ1n) is 7.08.